The third-order valence-corrected chi connectivity index (χ3v) is 3.20. The SMILES string of the molecule is CC(=O)c1cccc(Oc2ccc3ccccc3c2)c1. The number of ether oxygens (including phenoxy) is 1. The van der Waals surface area contributed by atoms with Gasteiger partial charge in [-0.2, -0.15) is 0 Å². The average Bonchev–Trinajstić information content (AvgIpc) is 2.47. The first kappa shape index (κ1) is 12.4. The van der Waals surface area contributed by atoms with Crippen molar-refractivity contribution in [3.8, 4) is 11.5 Å². The molecule has 3 aromatic carbocycles. The number of Topliss-reactive ketones (excluding diaryl/α,β-unsaturated/α-hetero) is 1. The molecule has 0 saturated carbocycles. The topological polar surface area (TPSA) is 26.3 Å². The van der Waals surface area contributed by atoms with E-state index in [2.05, 4.69) is 6.07 Å². The molecule has 0 aliphatic carbocycles. The number of carbonyl (C=O) groups excluding carboxylic acids is 1. The van der Waals surface area contributed by atoms with Crippen LogP contribution in [0.3, 0.4) is 0 Å². The quantitative estimate of drug-likeness (QED) is 0.632. The molecule has 0 bridgehead atoms. The first-order valence-electron chi connectivity index (χ1n) is 6.50. The van der Waals surface area contributed by atoms with Crippen molar-refractivity contribution in [1.29, 1.82) is 0 Å². The van der Waals surface area contributed by atoms with Gasteiger partial charge in [-0.25, -0.2) is 0 Å². The molecular formula is C18H14O2. The van der Waals surface area contributed by atoms with Crippen LogP contribution >= 0.6 is 0 Å². The number of fused-ring (bicyclic) bond motifs is 1. The predicted octanol–water partition coefficient (Wildman–Crippen LogP) is 4.83. The second-order valence-corrected chi connectivity index (χ2v) is 4.70. The molecule has 0 amide bonds. The molecule has 0 aliphatic rings. The van der Waals surface area contributed by atoms with Crippen LogP contribution in [0.15, 0.2) is 66.7 Å². The van der Waals surface area contributed by atoms with Gasteiger partial charge in [-0.05, 0) is 42.0 Å². The summed E-state index contributed by atoms with van der Waals surface area (Å²) in [5.74, 6) is 1.48. The first-order chi connectivity index (χ1) is 9.72. The van der Waals surface area contributed by atoms with Crippen molar-refractivity contribution in [2.24, 2.45) is 0 Å². The third-order valence-electron chi connectivity index (χ3n) is 3.20. The zero-order valence-electron chi connectivity index (χ0n) is 11.2. The molecule has 3 aromatic rings. The first-order valence-corrected chi connectivity index (χ1v) is 6.50. The van der Waals surface area contributed by atoms with Gasteiger partial charge in [0.2, 0.25) is 0 Å². The van der Waals surface area contributed by atoms with Crippen LogP contribution in [0.2, 0.25) is 0 Å². The van der Waals surface area contributed by atoms with Crippen molar-refractivity contribution in [1.82, 2.24) is 0 Å². The molecule has 0 radical (unpaired) electrons. The second-order valence-electron chi connectivity index (χ2n) is 4.70. The molecule has 0 N–H and O–H groups in total. The molecule has 0 aliphatic heterocycles. The Morgan fingerprint density at radius 1 is 0.800 bits per heavy atom. The molecule has 0 atom stereocenters. The summed E-state index contributed by atoms with van der Waals surface area (Å²) in [5.41, 5.74) is 0.656. The van der Waals surface area contributed by atoms with Crippen LogP contribution in [-0.2, 0) is 0 Å². The molecular weight excluding hydrogens is 248 g/mol. The Hall–Kier alpha value is -2.61. The fraction of sp³-hybridized carbons (Fsp3) is 0.0556. The van der Waals surface area contributed by atoms with Crippen LogP contribution in [0.25, 0.3) is 10.8 Å². The maximum Gasteiger partial charge on any atom is 0.159 e. The average molecular weight is 262 g/mol. The van der Waals surface area contributed by atoms with Gasteiger partial charge in [-0.15, -0.1) is 0 Å². The lowest BCUT2D eigenvalue weighted by Crippen LogP contribution is -1.92. The van der Waals surface area contributed by atoms with E-state index in [-0.39, 0.29) is 5.78 Å². The van der Waals surface area contributed by atoms with Gasteiger partial charge in [0, 0.05) is 5.56 Å². The molecule has 0 fully saturated rings. The van der Waals surface area contributed by atoms with E-state index in [0.717, 1.165) is 11.1 Å². The Bertz CT molecular complexity index is 775. The minimum Gasteiger partial charge on any atom is -0.457 e. The van der Waals surface area contributed by atoms with Crippen molar-refractivity contribution >= 4 is 16.6 Å². The summed E-state index contributed by atoms with van der Waals surface area (Å²) in [4.78, 5) is 11.4. The monoisotopic (exact) mass is 262 g/mol. The van der Waals surface area contributed by atoms with E-state index in [1.807, 2.05) is 48.5 Å². The lowest BCUT2D eigenvalue weighted by Gasteiger charge is -2.07. The Balaban J connectivity index is 1.92. The lowest BCUT2D eigenvalue weighted by molar-refractivity contribution is 0.101. The van der Waals surface area contributed by atoms with Crippen LogP contribution in [0, 0.1) is 0 Å². The van der Waals surface area contributed by atoms with Gasteiger partial charge in [-0.3, -0.25) is 4.79 Å². The zero-order chi connectivity index (χ0) is 13.9. The highest BCUT2D eigenvalue weighted by Crippen LogP contribution is 2.26. The standard InChI is InChI=1S/C18H14O2/c1-13(19)15-7-4-8-17(11-15)20-18-10-9-14-5-2-3-6-16(14)12-18/h2-12H,1H3. The summed E-state index contributed by atoms with van der Waals surface area (Å²) in [6.07, 6.45) is 0. The summed E-state index contributed by atoms with van der Waals surface area (Å²) < 4.78 is 5.83. The van der Waals surface area contributed by atoms with Crippen molar-refractivity contribution < 1.29 is 9.53 Å². The van der Waals surface area contributed by atoms with E-state index in [9.17, 15) is 4.79 Å². The second kappa shape index (κ2) is 5.17. The van der Waals surface area contributed by atoms with Crippen LogP contribution in [-0.4, -0.2) is 5.78 Å². The largest absolute Gasteiger partial charge is 0.457 e. The summed E-state index contributed by atoms with van der Waals surface area (Å²) in [7, 11) is 0. The molecule has 3 rings (SSSR count). The zero-order valence-corrected chi connectivity index (χ0v) is 11.2. The van der Waals surface area contributed by atoms with Gasteiger partial charge >= 0.3 is 0 Å². The van der Waals surface area contributed by atoms with E-state index in [4.69, 9.17) is 4.74 Å². The fourth-order valence-electron chi connectivity index (χ4n) is 2.15. The number of hydrogen-bond donors (Lipinski definition) is 0. The number of carbonyl (C=O) groups is 1. The van der Waals surface area contributed by atoms with Gasteiger partial charge in [0.25, 0.3) is 0 Å². The molecule has 98 valence electrons. The van der Waals surface area contributed by atoms with Gasteiger partial charge in [0.05, 0.1) is 0 Å². The van der Waals surface area contributed by atoms with Crippen molar-refractivity contribution in [2.75, 3.05) is 0 Å². The van der Waals surface area contributed by atoms with Gasteiger partial charge in [0.1, 0.15) is 11.5 Å². The highest BCUT2D eigenvalue weighted by molar-refractivity contribution is 5.94. The Labute approximate surface area is 117 Å². The highest BCUT2D eigenvalue weighted by atomic mass is 16.5. The molecule has 20 heavy (non-hydrogen) atoms. The summed E-state index contributed by atoms with van der Waals surface area (Å²) >= 11 is 0. The van der Waals surface area contributed by atoms with E-state index < -0.39 is 0 Å². The smallest absolute Gasteiger partial charge is 0.159 e. The summed E-state index contributed by atoms with van der Waals surface area (Å²) in [5, 5.41) is 2.31. The normalized spacial score (nSPS) is 10.4. The van der Waals surface area contributed by atoms with Crippen LogP contribution in [0.1, 0.15) is 17.3 Å². The van der Waals surface area contributed by atoms with E-state index in [1.54, 1.807) is 19.1 Å². The molecule has 0 spiro atoms. The maximum absolute atomic E-state index is 11.4. The Kier molecular flexibility index (Phi) is 3.21. The number of rotatable bonds is 3. The highest BCUT2D eigenvalue weighted by Gasteiger charge is 2.03. The van der Waals surface area contributed by atoms with Gasteiger partial charge in [0.15, 0.2) is 5.78 Å². The molecule has 0 unspecified atom stereocenters. The van der Waals surface area contributed by atoms with E-state index >= 15 is 0 Å². The van der Waals surface area contributed by atoms with E-state index in [0.29, 0.717) is 11.3 Å². The summed E-state index contributed by atoms with van der Waals surface area (Å²) in [6, 6.07) is 21.3. The van der Waals surface area contributed by atoms with Crippen LogP contribution in [0.5, 0.6) is 11.5 Å². The lowest BCUT2D eigenvalue weighted by atomic mass is 10.1. The number of hydrogen-bond acceptors (Lipinski definition) is 2. The molecule has 2 nitrogen and oxygen atoms in total. The number of benzene rings is 3. The number of ketones is 1. The Morgan fingerprint density at radius 3 is 2.35 bits per heavy atom. The van der Waals surface area contributed by atoms with Gasteiger partial charge < -0.3 is 4.74 Å². The third kappa shape index (κ3) is 2.54. The van der Waals surface area contributed by atoms with Crippen molar-refractivity contribution in [2.45, 2.75) is 6.92 Å². The van der Waals surface area contributed by atoms with Crippen LogP contribution < -0.4 is 4.74 Å². The minimum absolute atomic E-state index is 0.0361. The minimum atomic E-state index is 0.0361. The predicted molar refractivity (Wildman–Crippen MR) is 80.5 cm³/mol. The molecule has 0 heterocycles. The van der Waals surface area contributed by atoms with E-state index in [1.165, 1.54) is 5.39 Å². The Morgan fingerprint density at radius 2 is 1.55 bits per heavy atom. The maximum atomic E-state index is 11.4. The molecule has 0 saturated heterocycles. The summed E-state index contributed by atoms with van der Waals surface area (Å²) in [6.45, 7) is 1.55. The van der Waals surface area contributed by atoms with Crippen molar-refractivity contribution in [3.05, 3.63) is 72.3 Å². The van der Waals surface area contributed by atoms with Crippen molar-refractivity contribution in [3.63, 3.8) is 0 Å². The fourth-order valence-corrected chi connectivity index (χ4v) is 2.15. The van der Waals surface area contributed by atoms with Crippen LogP contribution in [0.4, 0.5) is 0 Å². The molecule has 0 aromatic heterocycles. The van der Waals surface area contributed by atoms with Gasteiger partial charge in [-0.1, -0.05) is 42.5 Å². The molecule has 2 heteroatoms.